The summed E-state index contributed by atoms with van der Waals surface area (Å²) in [5, 5.41) is 1.94. The quantitative estimate of drug-likeness (QED) is 0.368. The molecule has 2 N–H and O–H groups in total. The summed E-state index contributed by atoms with van der Waals surface area (Å²) in [7, 11) is 2.07. The average Bonchev–Trinajstić information content (AvgIpc) is 3.37. The van der Waals surface area contributed by atoms with Gasteiger partial charge in [-0.05, 0) is 62.0 Å². The van der Waals surface area contributed by atoms with E-state index in [1.807, 2.05) is 36.2 Å². The number of carbonyl (C=O) groups is 1. The van der Waals surface area contributed by atoms with Crippen LogP contribution in [0.4, 0.5) is 4.39 Å². The third-order valence-corrected chi connectivity index (χ3v) is 6.87. The number of rotatable bonds is 6. The Balaban J connectivity index is 1.44. The number of carbonyl (C=O) groups excluding carboxylic acids is 1. The van der Waals surface area contributed by atoms with Crippen molar-refractivity contribution in [3.63, 3.8) is 0 Å². The second kappa shape index (κ2) is 10.8. The number of amides is 1. The van der Waals surface area contributed by atoms with Gasteiger partial charge in [0.25, 0.3) is 5.91 Å². The van der Waals surface area contributed by atoms with E-state index >= 15 is 4.39 Å². The van der Waals surface area contributed by atoms with Crippen LogP contribution >= 0.6 is 0 Å². The lowest BCUT2D eigenvalue weighted by Gasteiger charge is -2.32. The first-order valence-electron chi connectivity index (χ1n) is 13.0. The van der Waals surface area contributed by atoms with E-state index in [-0.39, 0.29) is 17.6 Å². The molecule has 0 unspecified atom stereocenters. The van der Waals surface area contributed by atoms with E-state index in [1.54, 1.807) is 30.3 Å². The van der Waals surface area contributed by atoms with Crippen LogP contribution in [0.1, 0.15) is 41.6 Å². The molecule has 196 valence electrons. The van der Waals surface area contributed by atoms with Crippen molar-refractivity contribution in [3.8, 4) is 33.8 Å². The Morgan fingerprint density at radius 1 is 0.974 bits per heavy atom. The van der Waals surface area contributed by atoms with Crippen LogP contribution in [-0.2, 0) is 0 Å². The summed E-state index contributed by atoms with van der Waals surface area (Å²) in [6, 6.07) is 17.9. The molecule has 38 heavy (non-hydrogen) atoms. The molecule has 7 nitrogen and oxygen atoms in total. The van der Waals surface area contributed by atoms with Gasteiger partial charge < -0.3 is 9.88 Å². The molecule has 1 aliphatic rings. The summed E-state index contributed by atoms with van der Waals surface area (Å²) in [4.78, 5) is 28.0. The number of pyridine rings is 1. The lowest BCUT2D eigenvalue weighted by atomic mass is 9.99. The monoisotopic (exact) mass is 512 g/mol. The van der Waals surface area contributed by atoms with Gasteiger partial charge in [0.05, 0.1) is 17.1 Å². The van der Waals surface area contributed by atoms with Crippen molar-refractivity contribution < 1.29 is 9.18 Å². The van der Waals surface area contributed by atoms with Crippen LogP contribution in [0.2, 0.25) is 0 Å². The smallest absolute Gasteiger partial charge is 0.265 e. The number of H-pyrrole nitrogens is 1. The lowest BCUT2D eigenvalue weighted by molar-refractivity contribution is 0.0662. The molecular formula is C30H33FN6O. The highest BCUT2D eigenvalue weighted by atomic mass is 19.1. The van der Waals surface area contributed by atoms with Gasteiger partial charge in [-0.25, -0.2) is 14.4 Å². The highest BCUT2D eigenvalue weighted by molar-refractivity contribution is 5.94. The first-order chi connectivity index (χ1) is 18.3. The Bertz CT molecular complexity index is 1440. The minimum atomic E-state index is -0.335. The van der Waals surface area contributed by atoms with Crippen molar-refractivity contribution in [1.29, 1.82) is 0 Å². The number of hydrogen-bond acceptors (Lipinski definition) is 5. The Labute approximate surface area is 222 Å². The molecule has 0 radical (unpaired) electrons. The van der Waals surface area contributed by atoms with Crippen LogP contribution in [0.25, 0.3) is 33.8 Å². The zero-order valence-electron chi connectivity index (χ0n) is 22.3. The van der Waals surface area contributed by atoms with Gasteiger partial charge in [-0.15, -0.1) is 0 Å². The fourth-order valence-corrected chi connectivity index (χ4v) is 4.56. The zero-order chi connectivity index (χ0) is 26.8. The summed E-state index contributed by atoms with van der Waals surface area (Å²) in [5.41, 5.74) is 8.68. The molecule has 1 aliphatic heterocycles. The summed E-state index contributed by atoms with van der Waals surface area (Å²) in [6.45, 7) is 9.49. The molecule has 5 rings (SSSR count). The lowest BCUT2D eigenvalue weighted by Crippen LogP contribution is -2.52. The number of nitrogens with zero attached hydrogens (tertiary/aromatic N) is 4. The first kappa shape index (κ1) is 25.8. The molecule has 0 spiro atoms. The number of nitrogens with one attached hydrogen (secondary N) is 2. The maximum Gasteiger partial charge on any atom is 0.265 e. The molecule has 0 saturated carbocycles. The first-order valence-corrected chi connectivity index (χ1v) is 13.0. The van der Waals surface area contributed by atoms with E-state index in [1.165, 1.54) is 6.07 Å². The second-order valence-corrected chi connectivity index (χ2v) is 10.2. The molecule has 0 bridgehead atoms. The number of aromatic nitrogens is 3. The number of piperazine rings is 1. The summed E-state index contributed by atoms with van der Waals surface area (Å²) >= 11 is 0. The Kier molecular flexibility index (Phi) is 7.35. The summed E-state index contributed by atoms with van der Waals surface area (Å²) in [6.07, 6.45) is 0. The van der Waals surface area contributed by atoms with Gasteiger partial charge in [0, 0.05) is 54.5 Å². The third kappa shape index (κ3) is 5.51. The number of aromatic amines is 1. The molecule has 1 amide bonds. The number of benzene rings is 2. The molecule has 0 atom stereocenters. The van der Waals surface area contributed by atoms with E-state index in [9.17, 15) is 4.79 Å². The van der Waals surface area contributed by atoms with Crippen molar-refractivity contribution in [2.75, 3.05) is 33.2 Å². The van der Waals surface area contributed by atoms with Crippen LogP contribution in [-0.4, -0.2) is 64.0 Å². The van der Waals surface area contributed by atoms with E-state index < -0.39 is 0 Å². The van der Waals surface area contributed by atoms with Crippen LogP contribution in [0.15, 0.2) is 60.7 Å². The molecule has 2 aromatic heterocycles. The molecule has 0 aliphatic carbocycles. The molecule has 1 saturated heterocycles. The third-order valence-electron chi connectivity index (χ3n) is 6.87. The van der Waals surface area contributed by atoms with Gasteiger partial charge in [-0.3, -0.25) is 15.2 Å². The van der Waals surface area contributed by atoms with Gasteiger partial charge >= 0.3 is 0 Å². The molecule has 2 aromatic carbocycles. The number of hydrogen-bond donors (Lipinski definition) is 2. The van der Waals surface area contributed by atoms with Crippen LogP contribution < -0.4 is 5.43 Å². The molecule has 8 heteroatoms. The van der Waals surface area contributed by atoms with E-state index in [0.29, 0.717) is 16.7 Å². The van der Waals surface area contributed by atoms with Crippen LogP contribution in [0.5, 0.6) is 0 Å². The van der Waals surface area contributed by atoms with Crippen molar-refractivity contribution >= 4 is 5.91 Å². The maximum atomic E-state index is 15.1. The predicted molar refractivity (Wildman–Crippen MR) is 148 cm³/mol. The largest absolute Gasteiger partial charge is 0.340 e. The van der Waals surface area contributed by atoms with E-state index in [0.717, 1.165) is 60.3 Å². The maximum absolute atomic E-state index is 15.1. The number of hydrazine groups is 1. The van der Waals surface area contributed by atoms with Crippen molar-refractivity contribution in [2.24, 2.45) is 0 Å². The number of aryl methyl sites for hydroxylation is 1. The topological polar surface area (TPSA) is 77.2 Å². The SMILES string of the molecule is Cc1cccc(-c2[nH]c(C(C)C)nc2-c2ccc(F)c(-c3ccc(C(=O)NN4CCN(C)CC4)cc3)c2)n1. The molecule has 3 heterocycles. The van der Waals surface area contributed by atoms with E-state index in [4.69, 9.17) is 4.98 Å². The number of halogens is 1. The van der Waals surface area contributed by atoms with Gasteiger partial charge in [-0.1, -0.05) is 32.0 Å². The van der Waals surface area contributed by atoms with Crippen LogP contribution in [0.3, 0.4) is 0 Å². The van der Waals surface area contributed by atoms with Gasteiger partial charge in [0.2, 0.25) is 0 Å². The normalized spacial score (nSPS) is 14.7. The van der Waals surface area contributed by atoms with Crippen molar-refractivity contribution in [1.82, 2.24) is 30.3 Å². The Hall–Kier alpha value is -3.88. The molecule has 4 aromatic rings. The highest BCUT2D eigenvalue weighted by Gasteiger charge is 2.20. The minimum absolute atomic E-state index is 0.164. The number of imidazole rings is 1. The minimum Gasteiger partial charge on any atom is -0.340 e. The van der Waals surface area contributed by atoms with Gasteiger partial charge in [0.1, 0.15) is 11.6 Å². The Morgan fingerprint density at radius 3 is 2.37 bits per heavy atom. The zero-order valence-corrected chi connectivity index (χ0v) is 22.3. The van der Waals surface area contributed by atoms with Crippen molar-refractivity contribution in [2.45, 2.75) is 26.7 Å². The predicted octanol–water partition coefficient (Wildman–Crippen LogP) is 5.27. The summed E-state index contributed by atoms with van der Waals surface area (Å²) < 4.78 is 15.1. The fourth-order valence-electron chi connectivity index (χ4n) is 4.56. The second-order valence-electron chi connectivity index (χ2n) is 10.2. The standard InChI is InChI=1S/C30H33FN6O/c1-19(2)29-33-27(28(34-29)26-7-5-6-20(3)32-26)23-12-13-25(31)24(18-23)21-8-10-22(11-9-21)30(38)35-37-16-14-36(4)15-17-37/h5-13,18-19H,14-17H2,1-4H3,(H,33,34)(H,35,38). The van der Waals surface area contributed by atoms with Crippen molar-refractivity contribution in [3.05, 3.63) is 83.6 Å². The van der Waals surface area contributed by atoms with Gasteiger partial charge in [-0.2, -0.15) is 0 Å². The fraction of sp³-hybridized carbons (Fsp3) is 0.300. The van der Waals surface area contributed by atoms with E-state index in [2.05, 4.69) is 41.2 Å². The van der Waals surface area contributed by atoms with Gasteiger partial charge in [0.15, 0.2) is 0 Å². The summed E-state index contributed by atoms with van der Waals surface area (Å²) in [5.74, 6) is 0.540. The number of likely N-dealkylation sites (N-methyl/N-ethyl adjacent to an activating group) is 1. The van der Waals surface area contributed by atoms with Crippen LogP contribution in [0, 0.1) is 12.7 Å². The molecule has 1 fully saturated rings. The Morgan fingerprint density at radius 2 is 1.68 bits per heavy atom. The average molecular weight is 513 g/mol. The molecular weight excluding hydrogens is 479 g/mol. The highest BCUT2D eigenvalue weighted by Crippen LogP contribution is 2.34.